The Morgan fingerprint density at radius 3 is 2.59 bits per heavy atom. The lowest BCUT2D eigenvalue weighted by Crippen LogP contribution is -2.19. The average Bonchev–Trinajstić information content (AvgIpc) is 2.15. The monoisotopic (exact) mass is 426 g/mol. The van der Waals surface area contributed by atoms with Crippen LogP contribution >= 0.6 is 38.5 Å². The van der Waals surface area contributed by atoms with E-state index in [1.54, 1.807) is 22.6 Å². The van der Waals surface area contributed by atoms with E-state index in [9.17, 15) is 23.3 Å². The smallest absolute Gasteiger partial charge is 0.398 e. The second-order valence-corrected chi connectivity index (χ2v) is 4.26. The van der Waals surface area contributed by atoms with E-state index in [2.05, 4.69) is 25.7 Å². The van der Waals surface area contributed by atoms with Crippen LogP contribution in [-0.4, -0.2) is 16.3 Å². The van der Waals surface area contributed by atoms with Crippen molar-refractivity contribution in [2.45, 2.75) is 11.7 Å². The minimum absolute atomic E-state index is 0.0166. The van der Waals surface area contributed by atoms with Gasteiger partial charge in [0.25, 0.3) is 0 Å². The zero-order valence-electron chi connectivity index (χ0n) is 7.79. The molecule has 0 radical (unpaired) electrons. The van der Waals surface area contributed by atoms with Gasteiger partial charge < -0.3 is 4.74 Å². The Bertz CT molecular complexity index is 455. The minimum Gasteiger partial charge on any atom is -0.398 e. The number of nitro groups is 1. The van der Waals surface area contributed by atoms with E-state index in [4.69, 9.17) is 0 Å². The van der Waals surface area contributed by atoms with Crippen LogP contribution in [0.4, 0.5) is 18.9 Å². The largest absolute Gasteiger partial charge is 0.573 e. The van der Waals surface area contributed by atoms with Crippen LogP contribution < -0.4 is 4.74 Å². The normalized spacial score (nSPS) is 11.4. The number of rotatable bonds is 3. The number of halogens is 5. The molecule has 0 fully saturated rings. The van der Waals surface area contributed by atoms with Gasteiger partial charge in [0.1, 0.15) is 9.90 Å². The summed E-state index contributed by atoms with van der Waals surface area (Å²) in [4.78, 5) is 13.2. The van der Waals surface area contributed by atoms with E-state index < -0.39 is 22.7 Å². The van der Waals surface area contributed by atoms with Crippen LogP contribution in [0.1, 0.15) is 5.56 Å². The predicted octanol–water partition coefficient (Wildman–Crippen LogP) is 3.39. The van der Waals surface area contributed by atoms with Gasteiger partial charge in [-0.1, -0.05) is 15.9 Å². The summed E-state index contributed by atoms with van der Waals surface area (Å²) < 4.78 is 40.3. The quantitative estimate of drug-likeness (QED) is 0.244. The molecular weight excluding hydrogens is 424 g/mol. The molecule has 0 aliphatic heterocycles. The second-order valence-electron chi connectivity index (χ2n) is 2.68. The predicted molar refractivity (Wildman–Crippen MR) is 62.9 cm³/mol. The molecule has 0 aliphatic rings. The van der Waals surface area contributed by atoms with Crippen LogP contribution in [0.3, 0.4) is 0 Å². The first-order valence-corrected chi connectivity index (χ1v) is 6.09. The van der Waals surface area contributed by atoms with Crippen molar-refractivity contribution in [2.75, 3.05) is 0 Å². The van der Waals surface area contributed by atoms with E-state index in [0.717, 1.165) is 6.20 Å². The van der Waals surface area contributed by atoms with Crippen LogP contribution in [0.25, 0.3) is 0 Å². The molecule has 0 aliphatic carbocycles. The highest BCUT2D eigenvalue weighted by Gasteiger charge is 2.36. The Morgan fingerprint density at radius 1 is 1.59 bits per heavy atom. The molecule has 0 saturated carbocycles. The third-order valence-electron chi connectivity index (χ3n) is 1.60. The second kappa shape index (κ2) is 5.33. The molecule has 10 heteroatoms. The van der Waals surface area contributed by atoms with Crippen molar-refractivity contribution in [3.63, 3.8) is 0 Å². The number of hydrogen-bond acceptors (Lipinski definition) is 4. The Kier molecular flexibility index (Phi) is 4.52. The van der Waals surface area contributed by atoms with Gasteiger partial charge in [0.2, 0.25) is 5.75 Å². The fourth-order valence-electron chi connectivity index (χ4n) is 0.978. The third-order valence-corrected chi connectivity index (χ3v) is 3.09. The molecule has 0 N–H and O–H groups in total. The van der Waals surface area contributed by atoms with Gasteiger partial charge in [-0.05, 0) is 22.6 Å². The summed E-state index contributed by atoms with van der Waals surface area (Å²) in [7, 11) is 0. The van der Waals surface area contributed by atoms with E-state index in [1.165, 1.54) is 0 Å². The maximum atomic E-state index is 12.1. The van der Waals surface area contributed by atoms with Crippen molar-refractivity contribution in [1.29, 1.82) is 0 Å². The van der Waals surface area contributed by atoms with Gasteiger partial charge in [-0.3, -0.25) is 10.1 Å². The van der Waals surface area contributed by atoms with Gasteiger partial charge >= 0.3 is 12.0 Å². The van der Waals surface area contributed by atoms with Crippen molar-refractivity contribution in [2.24, 2.45) is 0 Å². The molecule has 5 nitrogen and oxygen atoms in total. The van der Waals surface area contributed by atoms with E-state index >= 15 is 0 Å². The molecular formula is C7H3BrF3IN2O3. The first-order chi connectivity index (χ1) is 7.76. The summed E-state index contributed by atoms with van der Waals surface area (Å²) in [5.74, 6) is -0.834. The maximum Gasteiger partial charge on any atom is 0.573 e. The Balaban J connectivity index is 3.39. The van der Waals surface area contributed by atoms with E-state index in [0.29, 0.717) is 0 Å². The molecule has 0 atom stereocenters. The summed E-state index contributed by atoms with van der Waals surface area (Å²) in [5.41, 5.74) is -0.839. The Labute approximate surface area is 115 Å². The van der Waals surface area contributed by atoms with Crippen molar-refractivity contribution in [3.05, 3.63) is 25.6 Å². The molecule has 0 aromatic carbocycles. The van der Waals surface area contributed by atoms with Crippen LogP contribution in [0.2, 0.25) is 0 Å². The van der Waals surface area contributed by atoms with Crippen molar-refractivity contribution in [3.8, 4) is 5.75 Å². The number of aromatic nitrogens is 1. The lowest BCUT2D eigenvalue weighted by molar-refractivity contribution is -0.389. The van der Waals surface area contributed by atoms with Crippen molar-refractivity contribution < 1.29 is 22.8 Å². The Morgan fingerprint density at radius 2 is 2.18 bits per heavy atom. The van der Waals surface area contributed by atoms with Crippen LogP contribution in [0, 0.1) is 13.8 Å². The number of pyridine rings is 1. The summed E-state index contributed by atoms with van der Waals surface area (Å²) in [5, 5.41) is 10.6. The first-order valence-electron chi connectivity index (χ1n) is 3.89. The van der Waals surface area contributed by atoms with Crippen LogP contribution in [0.5, 0.6) is 5.75 Å². The van der Waals surface area contributed by atoms with Gasteiger partial charge in [-0.2, -0.15) is 0 Å². The Hall–Kier alpha value is -0.650. The fourth-order valence-corrected chi connectivity index (χ4v) is 2.60. The lowest BCUT2D eigenvalue weighted by Gasteiger charge is -2.12. The van der Waals surface area contributed by atoms with Crippen LogP contribution in [0.15, 0.2) is 6.20 Å². The van der Waals surface area contributed by atoms with Gasteiger partial charge in [0, 0.05) is 10.9 Å². The molecule has 94 valence electrons. The van der Waals surface area contributed by atoms with Gasteiger partial charge in [0.05, 0.1) is 4.92 Å². The molecule has 1 aromatic heterocycles. The van der Waals surface area contributed by atoms with Crippen molar-refractivity contribution in [1.82, 2.24) is 4.98 Å². The highest BCUT2D eigenvalue weighted by atomic mass is 127. The van der Waals surface area contributed by atoms with Gasteiger partial charge in [0.15, 0.2) is 0 Å². The topological polar surface area (TPSA) is 65.3 Å². The SMILES string of the molecule is O=[N+]([O-])c1cnc(I)c(CBr)c1OC(F)(F)F. The molecule has 0 unspecified atom stereocenters. The highest BCUT2D eigenvalue weighted by Crippen LogP contribution is 2.37. The zero-order chi connectivity index (χ0) is 13.2. The maximum absolute atomic E-state index is 12.1. The molecule has 17 heavy (non-hydrogen) atoms. The van der Waals surface area contributed by atoms with E-state index in [-0.39, 0.29) is 14.6 Å². The zero-order valence-corrected chi connectivity index (χ0v) is 11.5. The summed E-state index contributed by atoms with van der Waals surface area (Å²) in [6.07, 6.45) is -4.26. The third kappa shape index (κ3) is 3.66. The molecule has 1 aromatic rings. The summed E-state index contributed by atoms with van der Waals surface area (Å²) in [6, 6.07) is 0. The molecule has 0 saturated heterocycles. The lowest BCUT2D eigenvalue weighted by atomic mass is 10.2. The molecule has 0 amide bonds. The summed E-state index contributed by atoms with van der Waals surface area (Å²) in [6.45, 7) is 0. The van der Waals surface area contributed by atoms with Crippen molar-refractivity contribution >= 4 is 44.2 Å². The fraction of sp³-hybridized carbons (Fsp3) is 0.286. The minimum atomic E-state index is -4.99. The molecule has 1 heterocycles. The highest BCUT2D eigenvalue weighted by molar-refractivity contribution is 14.1. The first kappa shape index (κ1) is 14.4. The van der Waals surface area contributed by atoms with Crippen LogP contribution in [-0.2, 0) is 5.33 Å². The van der Waals surface area contributed by atoms with Gasteiger partial charge in [-0.15, -0.1) is 13.2 Å². The number of nitrogens with zero attached hydrogens (tertiary/aromatic N) is 2. The number of hydrogen-bond donors (Lipinski definition) is 0. The molecule has 0 bridgehead atoms. The number of ether oxygens (including phenoxy) is 1. The standard InChI is InChI=1S/C7H3BrF3IN2O3/c8-1-3-5(17-7(9,10)11)4(14(15)16)2-13-6(3)12/h2H,1H2. The molecule has 1 rings (SSSR count). The van der Waals surface area contributed by atoms with E-state index in [1.807, 2.05) is 0 Å². The summed E-state index contributed by atoms with van der Waals surface area (Å²) >= 11 is 4.60. The number of alkyl halides is 4. The van der Waals surface area contributed by atoms with Gasteiger partial charge in [-0.25, -0.2) is 4.98 Å². The average molecular weight is 427 g/mol. The molecule has 0 spiro atoms.